The number of carboxylic acid groups (broad SMARTS) is 1. The first-order valence-corrected chi connectivity index (χ1v) is 5.88. The molecule has 2 rings (SSSR count). The summed E-state index contributed by atoms with van der Waals surface area (Å²) >= 11 is 0. The normalized spacial score (nSPS) is 18.7. The molecule has 2 N–H and O–H groups in total. The maximum atomic E-state index is 10.6. The molecule has 0 aliphatic heterocycles. The first kappa shape index (κ1) is 12.6. The Labute approximate surface area is 105 Å². The van der Waals surface area contributed by atoms with E-state index in [1.807, 2.05) is 10.8 Å². The molecule has 1 unspecified atom stereocenters. The van der Waals surface area contributed by atoms with E-state index in [0.717, 1.165) is 24.2 Å². The Morgan fingerprint density at radius 1 is 1.72 bits per heavy atom. The molecule has 0 saturated carbocycles. The van der Waals surface area contributed by atoms with Gasteiger partial charge >= 0.3 is 6.09 Å². The van der Waals surface area contributed by atoms with Gasteiger partial charge in [-0.25, -0.2) is 9.78 Å². The van der Waals surface area contributed by atoms with E-state index in [-0.39, 0.29) is 6.04 Å². The third-order valence-electron chi connectivity index (χ3n) is 3.02. The Bertz CT molecular complexity index is 453. The molecule has 98 valence electrons. The maximum Gasteiger partial charge on any atom is 0.404 e. The molecule has 0 aromatic carbocycles. The second-order valence-corrected chi connectivity index (χ2v) is 4.28. The molecule has 0 spiro atoms. The number of nitrogens with one attached hydrogen (secondary N) is 1. The van der Waals surface area contributed by atoms with Crippen LogP contribution >= 0.6 is 0 Å². The summed E-state index contributed by atoms with van der Waals surface area (Å²) in [5.41, 5.74) is 2.18. The molecule has 0 saturated heterocycles. The van der Waals surface area contributed by atoms with Crippen molar-refractivity contribution in [2.75, 3.05) is 13.7 Å². The van der Waals surface area contributed by atoms with E-state index in [1.54, 1.807) is 13.4 Å². The molecule has 1 aromatic rings. The summed E-state index contributed by atoms with van der Waals surface area (Å²) in [5.74, 6) is 0. The van der Waals surface area contributed by atoms with Crippen molar-refractivity contribution in [2.45, 2.75) is 25.4 Å². The first-order chi connectivity index (χ1) is 8.70. The van der Waals surface area contributed by atoms with Crippen molar-refractivity contribution in [3.05, 3.63) is 24.3 Å². The molecule has 0 fully saturated rings. The Morgan fingerprint density at radius 2 is 2.56 bits per heavy atom. The smallest absolute Gasteiger partial charge is 0.404 e. The standard InChI is InChI=1S/C12H17N3O3/c1-18-5-4-15-8-13-7-11(15)9-2-3-10(6-9)14-12(16)17/h2,7-8,10,14H,3-6H2,1H3,(H,16,17). The van der Waals surface area contributed by atoms with Crippen LogP contribution in [0.2, 0.25) is 0 Å². The molecule has 1 aliphatic carbocycles. The summed E-state index contributed by atoms with van der Waals surface area (Å²) in [7, 11) is 1.66. The van der Waals surface area contributed by atoms with Crippen molar-refractivity contribution < 1.29 is 14.6 Å². The Morgan fingerprint density at radius 3 is 3.28 bits per heavy atom. The molecule has 1 aliphatic rings. The van der Waals surface area contributed by atoms with Gasteiger partial charge in [-0.2, -0.15) is 0 Å². The van der Waals surface area contributed by atoms with Crippen molar-refractivity contribution in [3.8, 4) is 0 Å². The van der Waals surface area contributed by atoms with Crippen molar-refractivity contribution in [3.63, 3.8) is 0 Å². The zero-order valence-corrected chi connectivity index (χ0v) is 10.3. The fourth-order valence-electron chi connectivity index (χ4n) is 2.17. The lowest BCUT2D eigenvalue weighted by Crippen LogP contribution is -2.31. The molecule has 18 heavy (non-hydrogen) atoms. The Balaban J connectivity index is 2.00. The summed E-state index contributed by atoms with van der Waals surface area (Å²) in [6.07, 6.45) is 6.13. The van der Waals surface area contributed by atoms with Crippen molar-refractivity contribution >= 4 is 11.7 Å². The third kappa shape index (κ3) is 2.89. The summed E-state index contributed by atoms with van der Waals surface area (Å²) in [5, 5.41) is 11.2. The minimum Gasteiger partial charge on any atom is -0.465 e. The van der Waals surface area contributed by atoms with Gasteiger partial charge in [0.1, 0.15) is 0 Å². The van der Waals surface area contributed by atoms with Crippen LogP contribution in [-0.2, 0) is 11.3 Å². The molecule has 0 bridgehead atoms. The molecule has 1 aromatic heterocycles. The number of nitrogens with zero attached hydrogens (tertiary/aromatic N) is 2. The fraction of sp³-hybridized carbons (Fsp3) is 0.500. The molecule has 1 atom stereocenters. The van der Waals surface area contributed by atoms with Gasteiger partial charge in [0.25, 0.3) is 0 Å². The zero-order chi connectivity index (χ0) is 13.0. The number of methoxy groups -OCH3 is 1. The van der Waals surface area contributed by atoms with E-state index < -0.39 is 6.09 Å². The van der Waals surface area contributed by atoms with E-state index in [0.29, 0.717) is 13.0 Å². The van der Waals surface area contributed by atoms with Crippen LogP contribution in [0.15, 0.2) is 18.6 Å². The summed E-state index contributed by atoms with van der Waals surface area (Å²) in [4.78, 5) is 14.7. The number of aromatic nitrogens is 2. The topological polar surface area (TPSA) is 76.4 Å². The summed E-state index contributed by atoms with van der Waals surface area (Å²) < 4.78 is 7.07. The van der Waals surface area contributed by atoms with E-state index in [2.05, 4.69) is 16.4 Å². The third-order valence-corrected chi connectivity index (χ3v) is 3.02. The monoisotopic (exact) mass is 251 g/mol. The number of amides is 1. The predicted molar refractivity (Wildman–Crippen MR) is 66.3 cm³/mol. The van der Waals surface area contributed by atoms with Gasteiger partial charge in [-0.3, -0.25) is 0 Å². The second-order valence-electron chi connectivity index (χ2n) is 4.28. The van der Waals surface area contributed by atoms with Crippen LogP contribution in [0.4, 0.5) is 4.79 Å². The second kappa shape index (κ2) is 5.68. The lowest BCUT2D eigenvalue weighted by Gasteiger charge is -2.11. The average Bonchev–Trinajstić information content (AvgIpc) is 2.93. The number of hydrogen-bond acceptors (Lipinski definition) is 3. The van der Waals surface area contributed by atoms with Crippen molar-refractivity contribution in [1.82, 2.24) is 14.9 Å². The number of carbonyl (C=O) groups is 1. The molecule has 1 amide bonds. The van der Waals surface area contributed by atoms with E-state index >= 15 is 0 Å². The lowest BCUT2D eigenvalue weighted by atomic mass is 10.1. The van der Waals surface area contributed by atoms with Gasteiger partial charge in [-0.1, -0.05) is 6.08 Å². The van der Waals surface area contributed by atoms with Gasteiger partial charge in [0, 0.05) is 19.7 Å². The molecular weight excluding hydrogens is 234 g/mol. The number of rotatable bonds is 5. The van der Waals surface area contributed by atoms with Gasteiger partial charge in [-0.05, 0) is 18.4 Å². The predicted octanol–water partition coefficient (Wildman–Crippen LogP) is 1.34. The Kier molecular flexibility index (Phi) is 3.99. The molecule has 1 heterocycles. The van der Waals surface area contributed by atoms with Gasteiger partial charge in [-0.15, -0.1) is 0 Å². The minimum absolute atomic E-state index is 0.0247. The van der Waals surface area contributed by atoms with Gasteiger partial charge in [0.05, 0.1) is 24.8 Å². The van der Waals surface area contributed by atoms with Crippen LogP contribution in [0.25, 0.3) is 5.57 Å². The maximum absolute atomic E-state index is 10.6. The molecule has 0 radical (unpaired) electrons. The SMILES string of the molecule is COCCn1cncc1C1=CCC(NC(=O)O)C1. The fourth-order valence-corrected chi connectivity index (χ4v) is 2.17. The van der Waals surface area contributed by atoms with E-state index in [9.17, 15) is 4.79 Å². The quantitative estimate of drug-likeness (QED) is 0.828. The first-order valence-electron chi connectivity index (χ1n) is 5.88. The van der Waals surface area contributed by atoms with E-state index in [4.69, 9.17) is 9.84 Å². The molecule has 6 nitrogen and oxygen atoms in total. The van der Waals surface area contributed by atoms with Crippen LogP contribution in [0, 0.1) is 0 Å². The molecule has 6 heteroatoms. The Hall–Kier alpha value is -1.82. The van der Waals surface area contributed by atoms with Crippen LogP contribution in [0.1, 0.15) is 18.5 Å². The summed E-state index contributed by atoms with van der Waals surface area (Å²) in [6, 6.07) is -0.0247. The average molecular weight is 251 g/mol. The van der Waals surface area contributed by atoms with Gasteiger partial charge in [0.2, 0.25) is 0 Å². The van der Waals surface area contributed by atoms with Gasteiger partial charge in [0.15, 0.2) is 0 Å². The zero-order valence-electron chi connectivity index (χ0n) is 10.3. The highest BCUT2D eigenvalue weighted by Crippen LogP contribution is 2.27. The highest BCUT2D eigenvalue weighted by Gasteiger charge is 2.21. The van der Waals surface area contributed by atoms with Crippen molar-refractivity contribution in [2.24, 2.45) is 0 Å². The largest absolute Gasteiger partial charge is 0.465 e. The van der Waals surface area contributed by atoms with E-state index in [1.165, 1.54) is 0 Å². The van der Waals surface area contributed by atoms with Crippen LogP contribution in [-0.4, -0.2) is 40.5 Å². The van der Waals surface area contributed by atoms with Crippen molar-refractivity contribution in [1.29, 1.82) is 0 Å². The highest BCUT2D eigenvalue weighted by atomic mass is 16.5. The van der Waals surface area contributed by atoms with Crippen LogP contribution < -0.4 is 5.32 Å². The number of ether oxygens (including phenoxy) is 1. The highest BCUT2D eigenvalue weighted by molar-refractivity contribution is 5.69. The summed E-state index contributed by atoms with van der Waals surface area (Å²) in [6.45, 7) is 1.38. The number of imidazole rings is 1. The lowest BCUT2D eigenvalue weighted by molar-refractivity contribution is 0.187. The molecular formula is C12H17N3O3. The minimum atomic E-state index is -0.970. The number of hydrogen-bond donors (Lipinski definition) is 2. The van der Waals surface area contributed by atoms with Gasteiger partial charge < -0.3 is 19.7 Å². The van der Waals surface area contributed by atoms with Crippen LogP contribution in [0.5, 0.6) is 0 Å². The van der Waals surface area contributed by atoms with Crippen LogP contribution in [0.3, 0.4) is 0 Å².